The van der Waals surface area contributed by atoms with Crippen molar-refractivity contribution < 1.29 is 9.53 Å². The van der Waals surface area contributed by atoms with Crippen LogP contribution in [0.2, 0.25) is 0 Å². The fourth-order valence-electron chi connectivity index (χ4n) is 3.22. The molecule has 1 aliphatic rings. The number of piperidine rings is 1. The van der Waals surface area contributed by atoms with E-state index in [-0.39, 0.29) is 12.1 Å². The fraction of sp³-hybridized carbons (Fsp3) is 0.476. The Balaban J connectivity index is 1.70. The van der Waals surface area contributed by atoms with Gasteiger partial charge < -0.3 is 20.3 Å². The predicted octanol–water partition coefficient (Wildman–Crippen LogP) is 4.00. The summed E-state index contributed by atoms with van der Waals surface area (Å²) in [7, 11) is 0. The minimum absolute atomic E-state index is 0.222. The lowest BCUT2D eigenvalue weighted by Gasteiger charge is -2.32. The minimum atomic E-state index is -0.222. The number of hydrogen-bond acceptors (Lipinski definition) is 6. The van der Waals surface area contributed by atoms with Crippen LogP contribution in [0.1, 0.15) is 33.1 Å². The Morgan fingerprint density at radius 2 is 1.93 bits per heavy atom. The molecule has 2 heterocycles. The smallest absolute Gasteiger partial charge is 0.409 e. The Morgan fingerprint density at radius 3 is 2.61 bits per heavy atom. The number of nitrogens with zero attached hydrogens (tertiary/aromatic N) is 3. The molecule has 0 spiro atoms. The molecule has 0 aliphatic carbocycles. The van der Waals surface area contributed by atoms with Gasteiger partial charge >= 0.3 is 6.09 Å². The molecule has 0 bridgehead atoms. The zero-order chi connectivity index (χ0) is 19.8. The molecule has 0 atom stereocenters. The van der Waals surface area contributed by atoms with E-state index in [1.54, 1.807) is 4.90 Å². The number of nitrogens with one attached hydrogen (secondary N) is 2. The molecule has 150 valence electrons. The third kappa shape index (κ3) is 5.34. The Kier molecular flexibility index (Phi) is 7.06. The van der Waals surface area contributed by atoms with Gasteiger partial charge in [0.15, 0.2) is 0 Å². The first-order valence-electron chi connectivity index (χ1n) is 10.1. The van der Waals surface area contributed by atoms with Crippen molar-refractivity contribution in [3.63, 3.8) is 0 Å². The van der Waals surface area contributed by atoms with E-state index >= 15 is 0 Å². The first-order valence-corrected chi connectivity index (χ1v) is 10.1. The number of carbonyl (C=O) groups is 1. The van der Waals surface area contributed by atoms with Crippen molar-refractivity contribution >= 4 is 17.9 Å². The maximum atomic E-state index is 11.9. The van der Waals surface area contributed by atoms with E-state index in [2.05, 4.69) is 27.5 Å². The fourth-order valence-corrected chi connectivity index (χ4v) is 3.22. The van der Waals surface area contributed by atoms with Gasteiger partial charge in [0.25, 0.3) is 0 Å². The van der Waals surface area contributed by atoms with Gasteiger partial charge in [-0.15, -0.1) is 0 Å². The molecule has 28 heavy (non-hydrogen) atoms. The lowest BCUT2D eigenvalue weighted by molar-refractivity contribution is 0.0983. The number of rotatable bonds is 7. The quantitative estimate of drug-likeness (QED) is 0.752. The van der Waals surface area contributed by atoms with Gasteiger partial charge in [-0.1, -0.05) is 37.3 Å². The molecule has 1 aromatic carbocycles. The number of ether oxygens (including phenoxy) is 1. The average molecular weight is 383 g/mol. The number of amides is 1. The zero-order valence-corrected chi connectivity index (χ0v) is 16.6. The van der Waals surface area contributed by atoms with Gasteiger partial charge in [0.2, 0.25) is 5.95 Å². The van der Waals surface area contributed by atoms with Crippen LogP contribution in [0.3, 0.4) is 0 Å². The molecule has 7 nitrogen and oxygen atoms in total. The topological polar surface area (TPSA) is 79.4 Å². The molecule has 7 heteroatoms. The summed E-state index contributed by atoms with van der Waals surface area (Å²) >= 11 is 0. The summed E-state index contributed by atoms with van der Waals surface area (Å²) in [6, 6.07) is 12.4. The largest absolute Gasteiger partial charge is 0.450 e. The maximum Gasteiger partial charge on any atom is 0.409 e. The second kappa shape index (κ2) is 9.92. The van der Waals surface area contributed by atoms with Crippen molar-refractivity contribution in [2.24, 2.45) is 0 Å². The highest BCUT2D eigenvalue weighted by Crippen LogP contribution is 2.23. The van der Waals surface area contributed by atoms with Gasteiger partial charge in [0, 0.05) is 37.3 Å². The standard InChI is InChI=1S/C21H29N5O2/c1-3-12-22-20-24-18(16-8-6-5-7-9-16)15-19(25-20)23-17-10-13-26(14-11-17)21(27)28-4-2/h5-9,15,17H,3-4,10-14H2,1-2H3,(H2,22,23,24,25). The lowest BCUT2D eigenvalue weighted by atomic mass is 10.1. The Hall–Kier alpha value is -2.83. The highest BCUT2D eigenvalue weighted by atomic mass is 16.6. The molecule has 2 aromatic rings. The van der Waals surface area contributed by atoms with Crippen molar-refractivity contribution in [1.82, 2.24) is 14.9 Å². The number of hydrogen-bond donors (Lipinski definition) is 2. The molecule has 1 amide bonds. The van der Waals surface area contributed by atoms with E-state index in [9.17, 15) is 4.79 Å². The molecule has 1 fully saturated rings. The molecule has 1 aliphatic heterocycles. The molecular formula is C21H29N5O2. The summed E-state index contributed by atoms with van der Waals surface area (Å²) in [6.45, 7) is 6.56. The first kappa shape index (κ1) is 19.9. The second-order valence-corrected chi connectivity index (χ2v) is 6.86. The SMILES string of the molecule is CCCNc1nc(NC2CCN(C(=O)OCC)CC2)cc(-c2ccccc2)n1. The van der Waals surface area contributed by atoms with Crippen LogP contribution in [0.5, 0.6) is 0 Å². The number of benzene rings is 1. The molecule has 1 aromatic heterocycles. The third-order valence-corrected chi connectivity index (χ3v) is 4.70. The molecule has 3 rings (SSSR count). The van der Waals surface area contributed by atoms with Crippen LogP contribution in [-0.4, -0.2) is 53.2 Å². The van der Waals surface area contributed by atoms with Gasteiger partial charge in [-0.2, -0.15) is 4.98 Å². The summed E-state index contributed by atoms with van der Waals surface area (Å²) < 4.78 is 5.09. The number of carbonyl (C=O) groups excluding carboxylic acids is 1. The Bertz CT molecular complexity index is 761. The molecular weight excluding hydrogens is 354 g/mol. The molecule has 1 saturated heterocycles. The van der Waals surface area contributed by atoms with Crippen molar-refractivity contribution in [1.29, 1.82) is 0 Å². The van der Waals surface area contributed by atoms with Crippen molar-refractivity contribution in [2.75, 3.05) is 36.9 Å². The van der Waals surface area contributed by atoms with Crippen LogP contribution in [0.25, 0.3) is 11.3 Å². The minimum Gasteiger partial charge on any atom is -0.450 e. The van der Waals surface area contributed by atoms with Crippen molar-refractivity contribution in [3.05, 3.63) is 36.4 Å². The summed E-state index contributed by atoms with van der Waals surface area (Å²) in [5.74, 6) is 1.44. The number of likely N-dealkylation sites (tertiary alicyclic amines) is 1. The highest BCUT2D eigenvalue weighted by molar-refractivity contribution is 5.68. The molecule has 2 N–H and O–H groups in total. The summed E-state index contributed by atoms with van der Waals surface area (Å²) in [6.07, 6.45) is 2.51. The first-order chi connectivity index (χ1) is 13.7. The second-order valence-electron chi connectivity index (χ2n) is 6.86. The monoisotopic (exact) mass is 383 g/mol. The van der Waals surface area contributed by atoms with Crippen LogP contribution in [0.4, 0.5) is 16.6 Å². The predicted molar refractivity (Wildman–Crippen MR) is 111 cm³/mol. The molecule has 0 saturated carbocycles. The average Bonchev–Trinajstić information content (AvgIpc) is 2.73. The normalized spacial score (nSPS) is 14.6. The van der Waals surface area contributed by atoms with Crippen LogP contribution >= 0.6 is 0 Å². The van der Waals surface area contributed by atoms with Crippen LogP contribution in [0, 0.1) is 0 Å². The molecule has 0 radical (unpaired) electrons. The van der Waals surface area contributed by atoms with E-state index in [1.807, 2.05) is 43.3 Å². The number of anilines is 2. The summed E-state index contributed by atoms with van der Waals surface area (Å²) in [5.41, 5.74) is 1.95. The van der Waals surface area contributed by atoms with E-state index in [1.165, 1.54) is 0 Å². The Morgan fingerprint density at radius 1 is 1.18 bits per heavy atom. The van der Waals surface area contributed by atoms with Gasteiger partial charge in [0.1, 0.15) is 5.82 Å². The van der Waals surface area contributed by atoms with E-state index in [0.717, 1.165) is 42.9 Å². The van der Waals surface area contributed by atoms with Gasteiger partial charge in [-0.3, -0.25) is 0 Å². The van der Waals surface area contributed by atoms with Gasteiger partial charge in [0.05, 0.1) is 12.3 Å². The van der Waals surface area contributed by atoms with E-state index in [4.69, 9.17) is 4.74 Å². The molecule has 0 unspecified atom stereocenters. The Labute approximate surface area is 166 Å². The van der Waals surface area contributed by atoms with Crippen molar-refractivity contribution in [2.45, 2.75) is 39.2 Å². The lowest BCUT2D eigenvalue weighted by Crippen LogP contribution is -2.42. The van der Waals surface area contributed by atoms with Crippen molar-refractivity contribution in [3.8, 4) is 11.3 Å². The van der Waals surface area contributed by atoms with Crippen LogP contribution < -0.4 is 10.6 Å². The number of aromatic nitrogens is 2. The van der Waals surface area contributed by atoms with Gasteiger partial charge in [-0.05, 0) is 26.2 Å². The van der Waals surface area contributed by atoms with Crippen LogP contribution in [0.15, 0.2) is 36.4 Å². The maximum absolute atomic E-state index is 11.9. The zero-order valence-electron chi connectivity index (χ0n) is 16.6. The summed E-state index contributed by atoms with van der Waals surface area (Å²) in [4.78, 5) is 22.9. The van der Waals surface area contributed by atoms with E-state index in [0.29, 0.717) is 25.6 Å². The highest BCUT2D eigenvalue weighted by Gasteiger charge is 2.24. The van der Waals surface area contributed by atoms with Crippen LogP contribution in [-0.2, 0) is 4.74 Å². The van der Waals surface area contributed by atoms with E-state index < -0.39 is 0 Å². The van der Waals surface area contributed by atoms with Gasteiger partial charge in [-0.25, -0.2) is 9.78 Å². The summed E-state index contributed by atoms with van der Waals surface area (Å²) in [5, 5.41) is 6.82. The third-order valence-electron chi connectivity index (χ3n) is 4.70.